The quantitative estimate of drug-likeness (QED) is 0.214. The van der Waals surface area contributed by atoms with Crippen LogP contribution in [0, 0.1) is 5.95 Å². The van der Waals surface area contributed by atoms with E-state index in [1.165, 1.54) is 24.4 Å². The highest BCUT2D eigenvalue weighted by Crippen LogP contribution is 2.51. The predicted molar refractivity (Wildman–Crippen MR) is 144 cm³/mol. The standard InChI is InChI=1S/C29H27ClF4N4O/c30-23-7-8-25-24(17-23)28(10-13-35-14-11-28)19-38(25,27(39)37-18-21-9-12-36-26(31)16-21)15-1-2-20-3-5-22(6-4-20)29(32,33)34/h1-9,12,16-17,35H,10-11,13-15,18-19H2/p+1/b2-1+. The fourth-order valence-corrected chi connectivity index (χ4v) is 5.96. The molecule has 2 N–H and O–H groups in total. The van der Waals surface area contributed by atoms with Gasteiger partial charge in [-0.1, -0.05) is 29.8 Å². The van der Waals surface area contributed by atoms with Gasteiger partial charge in [-0.2, -0.15) is 17.6 Å². The number of aromatic nitrogens is 1. The van der Waals surface area contributed by atoms with Crippen LogP contribution in [0.1, 0.15) is 35.1 Å². The van der Waals surface area contributed by atoms with Crippen LogP contribution in [0.3, 0.4) is 0 Å². The number of benzene rings is 2. The van der Waals surface area contributed by atoms with Gasteiger partial charge in [-0.05, 0) is 79.5 Å². The number of hydrogen-bond donors (Lipinski definition) is 2. The number of amides is 2. The van der Waals surface area contributed by atoms with Crippen LogP contribution in [0.15, 0.2) is 66.9 Å². The van der Waals surface area contributed by atoms with Gasteiger partial charge in [0.05, 0.1) is 11.0 Å². The molecular weight excluding hydrogens is 532 g/mol. The van der Waals surface area contributed by atoms with Crippen molar-refractivity contribution in [1.29, 1.82) is 0 Å². The highest BCUT2D eigenvalue weighted by Gasteiger charge is 2.57. The molecule has 3 heterocycles. The first-order valence-electron chi connectivity index (χ1n) is 12.7. The predicted octanol–water partition coefficient (Wildman–Crippen LogP) is 6.46. The van der Waals surface area contributed by atoms with Gasteiger partial charge in [-0.15, -0.1) is 0 Å². The van der Waals surface area contributed by atoms with Gasteiger partial charge >= 0.3 is 12.2 Å². The molecule has 0 bridgehead atoms. The molecule has 1 spiro atoms. The highest BCUT2D eigenvalue weighted by molar-refractivity contribution is 6.30. The number of quaternary nitrogens is 1. The van der Waals surface area contributed by atoms with Crippen LogP contribution in [0.2, 0.25) is 5.02 Å². The molecule has 0 aliphatic carbocycles. The SMILES string of the molecule is O=C(NCc1ccnc(F)c1)[N+]1(C/C=C/c2ccc(C(F)(F)F)cc2)CC2(CCNCC2)c2cc(Cl)ccc21. The molecular formula is C29H28ClF4N4O+. The average molecular weight is 560 g/mol. The maximum Gasteiger partial charge on any atom is 0.422 e. The number of urea groups is 1. The Hall–Kier alpha value is -3.27. The normalized spacial score (nSPS) is 20.3. The highest BCUT2D eigenvalue weighted by atomic mass is 35.5. The van der Waals surface area contributed by atoms with Crippen molar-refractivity contribution in [2.45, 2.75) is 31.0 Å². The molecule has 5 rings (SSSR count). The van der Waals surface area contributed by atoms with Crippen molar-refractivity contribution in [1.82, 2.24) is 20.1 Å². The second-order valence-electron chi connectivity index (χ2n) is 10.2. The van der Waals surface area contributed by atoms with E-state index in [1.54, 1.807) is 18.2 Å². The molecule has 10 heteroatoms. The summed E-state index contributed by atoms with van der Waals surface area (Å²) in [5, 5.41) is 6.98. The lowest BCUT2D eigenvalue weighted by Gasteiger charge is -2.36. The lowest BCUT2D eigenvalue weighted by atomic mass is 9.75. The molecule has 5 nitrogen and oxygen atoms in total. The van der Waals surface area contributed by atoms with E-state index in [1.807, 2.05) is 18.2 Å². The monoisotopic (exact) mass is 559 g/mol. The first-order chi connectivity index (χ1) is 18.6. The van der Waals surface area contributed by atoms with E-state index in [0.717, 1.165) is 49.3 Å². The Kier molecular flexibility index (Phi) is 7.50. The van der Waals surface area contributed by atoms with Crippen molar-refractivity contribution in [3.8, 4) is 0 Å². The van der Waals surface area contributed by atoms with Gasteiger partial charge in [-0.3, -0.25) is 0 Å². The number of carbonyl (C=O) groups excluding carboxylic acids is 1. The molecule has 2 aliphatic heterocycles. The Morgan fingerprint density at radius 3 is 2.54 bits per heavy atom. The third kappa shape index (κ3) is 5.57. The molecule has 0 saturated carbocycles. The number of fused-ring (bicyclic) bond motifs is 2. The minimum Gasteiger partial charge on any atom is -0.317 e. The Balaban J connectivity index is 1.48. The first kappa shape index (κ1) is 27.3. The van der Waals surface area contributed by atoms with Crippen molar-refractivity contribution in [2.75, 3.05) is 26.2 Å². The molecule has 1 atom stereocenters. The molecule has 1 aromatic heterocycles. The second kappa shape index (κ2) is 10.7. The van der Waals surface area contributed by atoms with E-state index in [0.29, 0.717) is 22.7 Å². The van der Waals surface area contributed by atoms with Crippen LogP contribution in [-0.4, -0.2) is 37.2 Å². The van der Waals surface area contributed by atoms with E-state index in [2.05, 4.69) is 15.6 Å². The molecule has 39 heavy (non-hydrogen) atoms. The minimum absolute atomic E-state index is 0.0306. The van der Waals surface area contributed by atoms with Gasteiger partial charge in [0.2, 0.25) is 5.95 Å². The van der Waals surface area contributed by atoms with Gasteiger partial charge in [0, 0.05) is 29.4 Å². The lowest BCUT2D eigenvalue weighted by Crippen LogP contribution is -2.60. The number of piperidine rings is 1. The fourth-order valence-electron chi connectivity index (χ4n) is 5.79. The Morgan fingerprint density at radius 2 is 1.85 bits per heavy atom. The number of pyridine rings is 1. The number of carbonyl (C=O) groups is 1. The molecule has 2 aromatic carbocycles. The zero-order valence-corrected chi connectivity index (χ0v) is 21.8. The van der Waals surface area contributed by atoms with E-state index in [4.69, 9.17) is 11.6 Å². The van der Waals surface area contributed by atoms with Crippen LogP contribution in [0.4, 0.5) is 28.0 Å². The average Bonchev–Trinajstić information content (AvgIpc) is 3.16. The smallest absolute Gasteiger partial charge is 0.317 e. The van der Waals surface area contributed by atoms with Gasteiger partial charge in [0.1, 0.15) is 18.8 Å². The number of rotatable bonds is 5. The number of hydrogen-bond acceptors (Lipinski definition) is 3. The Bertz CT molecular complexity index is 1390. The number of halogens is 5. The maximum absolute atomic E-state index is 14.0. The molecule has 2 aliphatic rings. The van der Waals surface area contributed by atoms with Gasteiger partial charge < -0.3 is 10.6 Å². The Morgan fingerprint density at radius 1 is 1.10 bits per heavy atom. The number of nitrogens with one attached hydrogen (secondary N) is 2. The van der Waals surface area contributed by atoms with Crippen LogP contribution in [0.5, 0.6) is 0 Å². The van der Waals surface area contributed by atoms with E-state index in [-0.39, 0.29) is 29.0 Å². The van der Waals surface area contributed by atoms with Crippen LogP contribution in [-0.2, 0) is 18.1 Å². The fraction of sp³-hybridized carbons (Fsp3) is 0.310. The molecule has 0 radical (unpaired) electrons. The topological polar surface area (TPSA) is 54.0 Å². The maximum atomic E-state index is 14.0. The van der Waals surface area contributed by atoms with Crippen molar-refractivity contribution in [3.63, 3.8) is 0 Å². The molecule has 1 unspecified atom stereocenters. The molecule has 1 fully saturated rings. The lowest BCUT2D eigenvalue weighted by molar-refractivity contribution is -0.137. The summed E-state index contributed by atoms with van der Waals surface area (Å²) in [5.74, 6) is -0.625. The summed E-state index contributed by atoms with van der Waals surface area (Å²) in [7, 11) is 0. The first-order valence-corrected chi connectivity index (χ1v) is 13.1. The third-order valence-electron chi connectivity index (χ3n) is 7.71. The van der Waals surface area contributed by atoms with Gasteiger partial charge in [0.25, 0.3) is 0 Å². The van der Waals surface area contributed by atoms with E-state index < -0.39 is 17.7 Å². The molecule has 2 amide bonds. The summed E-state index contributed by atoms with van der Waals surface area (Å²) in [6.07, 6.45) is 2.18. The summed E-state index contributed by atoms with van der Waals surface area (Å²) < 4.78 is 52.5. The Labute approximate surface area is 229 Å². The van der Waals surface area contributed by atoms with Crippen LogP contribution < -0.4 is 15.1 Å². The van der Waals surface area contributed by atoms with Crippen LogP contribution in [0.25, 0.3) is 6.08 Å². The number of nitrogens with zero attached hydrogens (tertiary/aromatic N) is 2. The van der Waals surface area contributed by atoms with Gasteiger partial charge in [0.15, 0.2) is 0 Å². The second-order valence-corrected chi connectivity index (χ2v) is 10.6. The van der Waals surface area contributed by atoms with E-state index >= 15 is 0 Å². The van der Waals surface area contributed by atoms with Crippen LogP contribution >= 0.6 is 11.6 Å². The van der Waals surface area contributed by atoms with Crippen molar-refractivity contribution in [3.05, 3.63) is 100 Å². The number of alkyl halides is 3. The summed E-state index contributed by atoms with van der Waals surface area (Å²) in [6.45, 7) is 2.54. The van der Waals surface area contributed by atoms with Crippen molar-refractivity contribution < 1.29 is 22.4 Å². The zero-order valence-electron chi connectivity index (χ0n) is 21.1. The van der Waals surface area contributed by atoms with E-state index in [9.17, 15) is 22.4 Å². The van der Waals surface area contributed by atoms with Crippen molar-refractivity contribution in [2.24, 2.45) is 0 Å². The summed E-state index contributed by atoms with van der Waals surface area (Å²) in [6, 6.07) is 13.2. The van der Waals surface area contributed by atoms with Crippen molar-refractivity contribution >= 4 is 29.4 Å². The largest absolute Gasteiger partial charge is 0.422 e. The summed E-state index contributed by atoms with van der Waals surface area (Å²) in [4.78, 5) is 17.6. The molecule has 1 saturated heterocycles. The zero-order chi connectivity index (χ0) is 27.7. The minimum atomic E-state index is -4.41. The summed E-state index contributed by atoms with van der Waals surface area (Å²) in [5.41, 5.74) is 2.10. The third-order valence-corrected chi connectivity index (χ3v) is 7.95. The molecule has 3 aromatic rings. The van der Waals surface area contributed by atoms with Gasteiger partial charge in [-0.25, -0.2) is 14.3 Å². The molecule has 204 valence electrons. The summed E-state index contributed by atoms with van der Waals surface area (Å²) >= 11 is 6.43.